The third-order valence-corrected chi connectivity index (χ3v) is 4.75. The standard InChI is InChI=1S/C15H20ClNS/c1-4-11-12-6-5-7-13(16)15(12)18-14(11)9-17-8-10(2)3/h5-7,10,17H,4,8-9H2,1-3H3. The predicted octanol–water partition coefficient (Wildman–Crippen LogP) is 4.86. The summed E-state index contributed by atoms with van der Waals surface area (Å²) in [6, 6.07) is 6.20. The Kier molecular flexibility index (Phi) is 4.66. The lowest BCUT2D eigenvalue weighted by Gasteiger charge is -2.07. The molecule has 1 heterocycles. The molecular formula is C15H20ClNS. The first kappa shape index (κ1) is 13.9. The Hall–Kier alpha value is -0.570. The first-order valence-corrected chi connectivity index (χ1v) is 7.72. The third-order valence-electron chi connectivity index (χ3n) is 3.05. The van der Waals surface area contributed by atoms with Gasteiger partial charge in [-0.25, -0.2) is 0 Å². The Morgan fingerprint density at radius 1 is 1.33 bits per heavy atom. The van der Waals surface area contributed by atoms with Crippen LogP contribution in [0.4, 0.5) is 0 Å². The first-order chi connectivity index (χ1) is 8.63. The van der Waals surface area contributed by atoms with Crippen molar-refractivity contribution in [1.29, 1.82) is 0 Å². The Labute approximate surface area is 118 Å². The third kappa shape index (κ3) is 2.87. The highest BCUT2D eigenvalue weighted by Gasteiger charge is 2.12. The van der Waals surface area contributed by atoms with Crippen LogP contribution < -0.4 is 5.32 Å². The lowest BCUT2D eigenvalue weighted by Crippen LogP contribution is -2.18. The smallest absolute Gasteiger partial charge is 0.0584 e. The van der Waals surface area contributed by atoms with E-state index in [0.29, 0.717) is 5.92 Å². The fourth-order valence-electron chi connectivity index (χ4n) is 2.19. The summed E-state index contributed by atoms with van der Waals surface area (Å²) >= 11 is 8.11. The Morgan fingerprint density at radius 2 is 2.11 bits per heavy atom. The number of nitrogens with one attached hydrogen (secondary N) is 1. The molecule has 0 radical (unpaired) electrons. The summed E-state index contributed by atoms with van der Waals surface area (Å²) in [6.45, 7) is 8.70. The molecule has 2 aromatic rings. The quantitative estimate of drug-likeness (QED) is 0.825. The van der Waals surface area contributed by atoms with Crippen LogP contribution in [0.3, 0.4) is 0 Å². The molecule has 2 rings (SSSR count). The lowest BCUT2D eigenvalue weighted by atomic mass is 10.1. The summed E-state index contributed by atoms with van der Waals surface area (Å²) in [4.78, 5) is 1.43. The molecule has 0 aliphatic rings. The highest BCUT2D eigenvalue weighted by Crippen LogP contribution is 2.36. The zero-order valence-electron chi connectivity index (χ0n) is 11.2. The Balaban J connectivity index is 2.29. The van der Waals surface area contributed by atoms with E-state index < -0.39 is 0 Å². The van der Waals surface area contributed by atoms with Crippen molar-refractivity contribution < 1.29 is 0 Å². The predicted molar refractivity (Wildman–Crippen MR) is 82.8 cm³/mol. The van der Waals surface area contributed by atoms with Gasteiger partial charge < -0.3 is 5.32 Å². The number of hydrogen-bond acceptors (Lipinski definition) is 2. The van der Waals surface area contributed by atoms with Crippen molar-refractivity contribution in [1.82, 2.24) is 5.32 Å². The molecule has 0 atom stereocenters. The van der Waals surface area contributed by atoms with Crippen LogP contribution >= 0.6 is 22.9 Å². The van der Waals surface area contributed by atoms with Crippen LogP contribution in [0.2, 0.25) is 5.02 Å². The van der Waals surface area contributed by atoms with Gasteiger partial charge in [0.05, 0.1) is 9.72 Å². The summed E-state index contributed by atoms with van der Waals surface area (Å²) in [7, 11) is 0. The van der Waals surface area contributed by atoms with Crippen LogP contribution in [0, 0.1) is 5.92 Å². The average molecular weight is 282 g/mol. The molecule has 0 amide bonds. The number of rotatable bonds is 5. The number of benzene rings is 1. The van der Waals surface area contributed by atoms with Crippen molar-refractivity contribution in [2.24, 2.45) is 5.92 Å². The van der Waals surface area contributed by atoms with Crippen molar-refractivity contribution in [3.05, 3.63) is 33.7 Å². The zero-order chi connectivity index (χ0) is 13.1. The fraction of sp³-hybridized carbons (Fsp3) is 0.467. The molecule has 1 aromatic heterocycles. The first-order valence-electron chi connectivity index (χ1n) is 6.53. The molecule has 0 unspecified atom stereocenters. The second-order valence-corrected chi connectivity index (χ2v) is 6.51. The van der Waals surface area contributed by atoms with E-state index in [1.165, 1.54) is 20.5 Å². The van der Waals surface area contributed by atoms with E-state index in [2.05, 4.69) is 32.2 Å². The minimum atomic E-state index is 0.688. The van der Waals surface area contributed by atoms with Crippen molar-refractivity contribution in [3.63, 3.8) is 0 Å². The van der Waals surface area contributed by atoms with E-state index in [-0.39, 0.29) is 0 Å². The molecule has 0 aliphatic carbocycles. The SMILES string of the molecule is CCc1c(CNCC(C)C)sc2c(Cl)cccc12. The van der Waals surface area contributed by atoms with Gasteiger partial charge in [0.25, 0.3) is 0 Å². The fourth-order valence-corrected chi connectivity index (χ4v) is 3.75. The Morgan fingerprint density at radius 3 is 2.78 bits per heavy atom. The van der Waals surface area contributed by atoms with Crippen molar-refractivity contribution in [2.45, 2.75) is 33.7 Å². The van der Waals surface area contributed by atoms with E-state index >= 15 is 0 Å². The maximum Gasteiger partial charge on any atom is 0.0584 e. The number of thiophene rings is 1. The molecule has 3 heteroatoms. The largest absolute Gasteiger partial charge is 0.312 e. The Bertz CT molecular complexity index is 531. The normalized spacial score (nSPS) is 11.6. The number of fused-ring (bicyclic) bond motifs is 1. The molecule has 0 saturated heterocycles. The summed E-state index contributed by atoms with van der Waals surface area (Å²) in [5.41, 5.74) is 1.45. The summed E-state index contributed by atoms with van der Waals surface area (Å²) in [5.74, 6) is 0.688. The lowest BCUT2D eigenvalue weighted by molar-refractivity contribution is 0.554. The summed E-state index contributed by atoms with van der Waals surface area (Å²) < 4.78 is 1.23. The van der Waals surface area contributed by atoms with Gasteiger partial charge in [-0.05, 0) is 35.9 Å². The van der Waals surface area contributed by atoms with Crippen molar-refractivity contribution >= 4 is 33.0 Å². The number of aryl methyl sites for hydroxylation is 1. The van der Waals surface area contributed by atoms with Gasteiger partial charge in [-0.2, -0.15) is 0 Å². The molecular weight excluding hydrogens is 262 g/mol. The molecule has 1 aromatic carbocycles. The number of hydrogen-bond donors (Lipinski definition) is 1. The highest BCUT2D eigenvalue weighted by atomic mass is 35.5. The van der Waals surface area contributed by atoms with Gasteiger partial charge in [-0.1, -0.05) is 44.5 Å². The van der Waals surface area contributed by atoms with Crippen LogP contribution in [0.5, 0.6) is 0 Å². The monoisotopic (exact) mass is 281 g/mol. The molecule has 0 saturated carbocycles. The molecule has 0 spiro atoms. The van der Waals surface area contributed by atoms with Gasteiger partial charge in [0.1, 0.15) is 0 Å². The van der Waals surface area contributed by atoms with E-state index in [1.54, 1.807) is 0 Å². The molecule has 18 heavy (non-hydrogen) atoms. The molecule has 0 bridgehead atoms. The summed E-state index contributed by atoms with van der Waals surface area (Å²) in [5, 5.41) is 5.73. The molecule has 0 fully saturated rings. The number of halogens is 1. The maximum atomic E-state index is 6.27. The van der Waals surface area contributed by atoms with Crippen molar-refractivity contribution in [3.8, 4) is 0 Å². The van der Waals surface area contributed by atoms with Gasteiger partial charge in [0, 0.05) is 11.4 Å². The van der Waals surface area contributed by atoms with Crippen LogP contribution in [-0.4, -0.2) is 6.54 Å². The van der Waals surface area contributed by atoms with Crippen LogP contribution in [0.15, 0.2) is 18.2 Å². The van der Waals surface area contributed by atoms with Gasteiger partial charge in [-0.3, -0.25) is 0 Å². The van der Waals surface area contributed by atoms with Gasteiger partial charge >= 0.3 is 0 Å². The maximum absolute atomic E-state index is 6.27. The second kappa shape index (κ2) is 6.05. The molecule has 98 valence electrons. The van der Waals surface area contributed by atoms with E-state index in [9.17, 15) is 0 Å². The van der Waals surface area contributed by atoms with Gasteiger partial charge in [0.15, 0.2) is 0 Å². The molecule has 0 aliphatic heterocycles. The van der Waals surface area contributed by atoms with Gasteiger partial charge in [-0.15, -0.1) is 11.3 Å². The minimum Gasteiger partial charge on any atom is -0.312 e. The summed E-state index contributed by atoms with van der Waals surface area (Å²) in [6.07, 6.45) is 1.07. The van der Waals surface area contributed by atoms with Crippen LogP contribution in [0.1, 0.15) is 31.2 Å². The minimum absolute atomic E-state index is 0.688. The topological polar surface area (TPSA) is 12.0 Å². The van der Waals surface area contributed by atoms with E-state index in [1.807, 2.05) is 23.5 Å². The van der Waals surface area contributed by atoms with Crippen molar-refractivity contribution in [2.75, 3.05) is 6.54 Å². The zero-order valence-corrected chi connectivity index (χ0v) is 12.8. The van der Waals surface area contributed by atoms with E-state index in [0.717, 1.165) is 24.5 Å². The molecule has 1 nitrogen and oxygen atoms in total. The molecule has 1 N–H and O–H groups in total. The second-order valence-electron chi connectivity index (χ2n) is 5.00. The average Bonchev–Trinajstić information content (AvgIpc) is 2.68. The van der Waals surface area contributed by atoms with Gasteiger partial charge in [0.2, 0.25) is 0 Å². The highest BCUT2D eigenvalue weighted by molar-refractivity contribution is 7.20. The van der Waals surface area contributed by atoms with Crippen LogP contribution in [0.25, 0.3) is 10.1 Å². The van der Waals surface area contributed by atoms with E-state index in [4.69, 9.17) is 11.6 Å². The van der Waals surface area contributed by atoms with Crippen LogP contribution in [-0.2, 0) is 13.0 Å².